The van der Waals surface area contributed by atoms with Crippen molar-refractivity contribution in [2.24, 2.45) is 5.92 Å². The summed E-state index contributed by atoms with van der Waals surface area (Å²) in [7, 11) is 0. The minimum absolute atomic E-state index is 0.00318. The number of carbonyl (C=O) groups excluding carboxylic acids is 2. The van der Waals surface area contributed by atoms with E-state index in [2.05, 4.69) is 5.32 Å². The predicted octanol–water partition coefficient (Wildman–Crippen LogP) is 5.61. The van der Waals surface area contributed by atoms with E-state index in [-0.39, 0.29) is 23.4 Å². The number of benzene rings is 2. The number of hydrogen-bond acceptors (Lipinski definition) is 5. The zero-order valence-corrected chi connectivity index (χ0v) is 19.8. The number of ketones is 1. The van der Waals surface area contributed by atoms with Crippen molar-refractivity contribution in [1.29, 1.82) is 0 Å². The van der Waals surface area contributed by atoms with E-state index in [1.165, 1.54) is 0 Å². The topological polar surface area (TPSA) is 75.6 Å². The number of nitrogens with one attached hydrogen (secondary N) is 1. The van der Waals surface area contributed by atoms with E-state index in [9.17, 15) is 14.7 Å². The van der Waals surface area contributed by atoms with Gasteiger partial charge < -0.3 is 15.2 Å². The average molecular weight is 466 g/mol. The number of phenolic OH excluding ortho intramolecular Hbond substituents is 1. The second-order valence-corrected chi connectivity index (χ2v) is 9.59. The standard InChI is InChI=1S/C27H28ClNO4/c1-15(2)14-33-27(32)24-16(3)29-22-12-19(17-4-8-20(28)9-5-17)13-23(31)26(22)25(24)18-6-10-21(30)11-7-18/h4-11,15,19,25,29-30H,12-14H2,1-3H3. The van der Waals surface area contributed by atoms with Crippen molar-refractivity contribution in [3.05, 3.63) is 87.2 Å². The molecule has 2 aliphatic rings. The van der Waals surface area contributed by atoms with Gasteiger partial charge in [-0.25, -0.2) is 4.79 Å². The van der Waals surface area contributed by atoms with E-state index in [4.69, 9.17) is 16.3 Å². The van der Waals surface area contributed by atoms with Gasteiger partial charge in [-0.05, 0) is 60.6 Å². The van der Waals surface area contributed by atoms with Crippen molar-refractivity contribution in [3.8, 4) is 5.75 Å². The first-order chi connectivity index (χ1) is 15.7. The van der Waals surface area contributed by atoms with Crippen LogP contribution in [0.4, 0.5) is 0 Å². The van der Waals surface area contributed by atoms with Gasteiger partial charge >= 0.3 is 5.97 Å². The monoisotopic (exact) mass is 465 g/mol. The molecule has 5 nitrogen and oxygen atoms in total. The zero-order valence-electron chi connectivity index (χ0n) is 19.0. The van der Waals surface area contributed by atoms with Gasteiger partial charge in [0.2, 0.25) is 0 Å². The second kappa shape index (κ2) is 9.44. The van der Waals surface area contributed by atoms with Crippen LogP contribution in [0.2, 0.25) is 5.02 Å². The zero-order chi connectivity index (χ0) is 23.7. The Morgan fingerprint density at radius 2 is 1.73 bits per heavy atom. The Morgan fingerprint density at radius 1 is 1.09 bits per heavy atom. The van der Waals surface area contributed by atoms with Gasteiger partial charge in [-0.15, -0.1) is 0 Å². The fourth-order valence-electron chi connectivity index (χ4n) is 4.60. The van der Waals surface area contributed by atoms with Gasteiger partial charge in [0.05, 0.1) is 12.2 Å². The molecule has 0 aromatic heterocycles. The summed E-state index contributed by atoms with van der Waals surface area (Å²) in [5, 5.41) is 13.8. The molecule has 6 heteroatoms. The van der Waals surface area contributed by atoms with Crippen LogP contribution in [0.5, 0.6) is 5.75 Å². The molecule has 1 aliphatic heterocycles. The summed E-state index contributed by atoms with van der Waals surface area (Å²) in [4.78, 5) is 26.7. The molecular weight excluding hydrogens is 438 g/mol. The number of carbonyl (C=O) groups is 2. The SMILES string of the molecule is CC1=C(C(=O)OCC(C)C)C(c2ccc(O)cc2)C2=C(CC(c3ccc(Cl)cc3)CC2=O)N1. The van der Waals surface area contributed by atoms with Crippen molar-refractivity contribution in [1.82, 2.24) is 5.32 Å². The third kappa shape index (κ3) is 4.83. The molecule has 0 saturated carbocycles. The highest BCUT2D eigenvalue weighted by Crippen LogP contribution is 2.46. The molecule has 1 aliphatic carbocycles. The van der Waals surface area contributed by atoms with Crippen molar-refractivity contribution < 1.29 is 19.4 Å². The van der Waals surface area contributed by atoms with Crippen molar-refractivity contribution >= 4 is 23.4 Å². The number of phenols is 1. The summed E-state index contributed by atoms with van der Waals surface area (Å²) in [6.45, 7) is 6.11. The minimum atomic E-state index is -0.541. The minimum Gasteiger partial charge on any atom is -0.508 e. The molecule has 0 saturated heterocycles. The molecule has 2 N–H and O–H groups in total. The molecule has 0 spiro atoms. The van der Waals surface area contributed by atoms with Gasteiger partial charge in [0.15, 0.2) is 5.78 Å². The lowest BCUT2D eigenvalue weighted by molar-refractivity contribution is -0.140. The molecule has 2 unspecified atom stereocenters. The molecule has 2 aromatic carbocycles. The maximum Gasteiger partial charge on any atom is 0.336 e. The van der Waals surface area contributed by atoms with Gasteiger partial charge in [0.1, 0.15) is 5.75 Å². The summed E-state index contributed by atoms with van der Waals surface area (Å²) in [6, 6.07) is 14.3. The molecule has 0 fully saturated rings. The van der Waals surface area contributed by atoms with E-state index in [1.54, 1.807) is 24.3 Å². The number of esters is 1. The van der Waals surface area contributed by atoms with Crippen molar-refractivity contribution in [3.63, 3.8) is 0 Å². The maximum atomic E-state index is 13.5. The van der Waals surface area contributed by atoms with Crippen LogP contribution in [-0.4, -0.2) is 23.5 Å². The summed E-state index contributed by atoms with van der Waals surface area (Å²) in [5.41, 5.74) is 4.40. The normalized spacial score (nSPS) is 20.6. The van der Waals surface area contributed by atoms with E-state index >= 15 is 0 Å². The van der Waals surface area contributed by atoms with Crippen LogP contribution in [0.1, 0.15) is 56.6 Å². The highest BCUT2D eigenvalue weighted by molar-refractivity contribution is 6.30. The molecule has 0 radical (unpaired) electrons. The Kier molecular flexibility index (Phi) is 6.61. The number of allylic oxidation sites excluding steroid dienone is 3. The summed E-state index contributed by atoms with van der Waals surface area (Å²) >= 11 is 6.04. The quantitative estimate of drug-likeness (QED) is 0.561. The highest BCUT2D eigenvalue weighted by atomic mass is 35.5. The number of aromatic hydroxyl groups is 1. The van der Waals surface area contributed by atoms with E-state index in [1.807, 2.05) is 45.0 Å². The average Bonchev–Trinajstić information content (AvgIpc) is 2.77. The van der Waals surface area contributed by atoms with Crippen molar-refractivity contribution in [2.45, 2.75) is 45.4 Å². The summed E-state index contributed by atoms with van der Waals surface area (Å²) in [5.74, 6) is -0.604. The lowest BCUT2D eigenvalue weighted by Gasteiger charge is -2.36. The Morgan fingerprint density at radius 3 is 2.36 bits per heavy atom. The molecular formula is C27H28ClNO4. The molecule has 2 atom stereocenters. The van der Waals surface area contributed by atoms with Gasteiger partial charge in [-0.1, -0.05) is 49.7 Å². The van der Waals surface area contributed by atoms with Gasteiger partial charge in [0, 0.05) is 34.3 Å². The molecule has 33 heavy (non-hydrogen) atoms. The van der Waals surface area contributed by atoms with Crippen LogP contribution in [0, 0.1) is 5.92 Å². The van der Waals surface area contributed by atoms with Crippen LogP contribution in [0.15, 0.2) is 71.1 Å². The van der Waals surface area contributed by atoms with Crippen molar-refractivity contribution in [2.75, 3.05) is 6.61 Å². The van der Waals surface area contributed by atoms with Crippen LogP contribution in [0.3, 0.4) is 0 Å². The lowest BCUT2D eigenvalue weighted by Crippen LogP contribution is -2.36. The van der Waals surface area contributed by atoms with E-state index in [0.717, 1.165) is 16.8 Å². The number of ether oxygens (including phenoxy) is 1. The molecule has 0 amide bonds. The number of dihydropyridines is 1. The van der Waals surface area contributed by atoms with Gasteiger partial charge in [-0.2, -0.15) is 0 Å². The Bertz CT molecular complexity index is 1130. The smallest absolute Gasteiger partial charge is 0.336 e. The molecule has 172 valence electrons. The first kappa shape index (κ1) is 23.1. The molecule has 1 heterocycles. The fraction of sp³-hybridized carbons (Fsp3) is 0.333. The van der Waals surface area contributed by atoms with Crippen LogP contribution >= 0.6 is 11.6 Å². The highest BCUT2D eigenvalue weighted by Gasteiger charge is 2.41. The third-order valence-corrected chi connectivity index (χ3v) is 6.42. The summed E-state index contributed by atoms with van der Waals surface area (Å²) < 4.78 is 5.57. The Labute approximate surface area is 199 Å². The second-order valence-electron chi connectivity index (χ2n) is 9.15. The fourth-order valence-corrected chi connectivity index (χ4v) is 4.73. The van der Waals surface area contributed by atoms with E-state index < -0.39 is 11.9 Å². The van der Waals surface area contributed by atoms with Gasteiger partial charge in [-0.3, -0.25) is 4.79 Å². The Balaban J connectivity index is 1.75. The number of halogens is 1. The first-order valence-corrected chi connectivity index (χ1v) is 11.6. The molecule has 0 bridgehead atoms. The van der Waals surface area contributed by atoms with Crippen LogP contribution in [-0.2, 0) is 14.3 Å². The largest absolute Gasteiger partial charge is 0.508 e. The maximum absolute atomic E-state index is 13.5. The molecule has 4 rings (SSSR count). The Hall–Kier alpha value is -3.05. The number of rotatable bonds is 5. The number of hydrogen-bond donors (Lipinski definition) is 2. The van der Waals surface area contributed by atoms with Gasteiger partial charge in [0.25, 0.3) is 0 Å². The number of Topliss-reactive ketones (excluding diaryl/α,β-unsaturated/α-hetero) is 1. The van der Waals surface area contributed by atoms with Crippen LogP contribution in [0.25, 0.3) is 0 Å². The molecule has 2 aromatic rings. The lowest BCUT2D eigenvalue weighted by atomic mass is 9.71. The first-order valence-electron chi connectivity index (χ1n) is 11.2. The predicted molar refractivity (Wildman–Crippen MR) is 128 cm³/mol. The third-order valence-electron chi connectivity index (χ3n) is 6.16. The van der Waals surface area contributed by atoms with E-state index in [0.29, 0.717) is 41.3 Å². The summed E-state index contributed by atoms with van der Waals surface area (Å²) in [6.07, 6.45) is 1.01. The van der Waals surface area contributed by atoms with Crippen LogP contribution < -0.4 is 5.32 Å².